The van der Waals surface area contributed by atoms with Crippen LogP contribution in [-0.2, 0) is 4.79 Å². The van der Waals surface area contributed by atoms with Crippen molar-refractivity contribution in [2.45, 2.75) is 6.04 Å². The van der Waals surface area contributed by atoms with Gasteiger partial charge >= 0.3 is 0 Å². The predicted molar refractivity (Wildman–Crippen MR) is 78.1 cm³/mol. The second-order valence-corrected chi connectivity index (χ2v) is 5.42. The molecule has 0 unspecified atom stereocenters. The molecule has 1 aliphatic rings. The number of amides is 1. The van der Waals surface area contributed by atoms with Crippen molar-refractivity contribution in [1.82, 2.24) is 0 Å². The van der Waals surface area contributed by atoms with Crippen molar-refractivity contribution in [3.05, 3.63) is 71.8 Å². The van der Waals surface area contributed by atoms with E-state index in [1.165, 1.54) is 16.0 Å². The minimum atomic E-state index is -0.173. The van der Waals surface area contributed by atoms with Crippen LogP contribution in [0.1, 0.15) is 17.2 Å². The summed E-state index contributed by atoms with van der Waals surface area (Å²) < 4.78 is 0. The average molecular weight is 267 g/mol. The third-order valence-corrected chi connectivity index (χ3v) is 4.09. The topological polar surface area (TPSA) is 47.5 Å². The molecule has 3 heteroatoms. The SMILES string of the molecule is NC(=O)C1C[NH+](C(c2ccccc2)c2ccccc2)C1. The average Bonchev–Trinajstić information content (AvgIpc) is 2.43. The lowest BCUT2D eigenvalue weighted by molar-refractivity contribution is -0.970. The van der Waals surface area contributed by atoms with Gasteiger partial charge in [-0.1, -0.05) is 60.7 Å². The van der Waals surface area contributed by atoms with Crippen LogP contribution in [0.5, 0.6) is 0 Å². The van der Waals surface area contributed by atoms with Gasteiger partial charge in [0.1, 0.15) is 12.0 Å². The fourth-order valence-electron chi connectivity index (χ4n) is 2.96. The summed E-state index contributed by atoms with van der Waals surface area (Å²) in [7, 11) is 0. The summed E-state index contributed by atoms with van der Waals surface area (Å²) >= 11 is 0. The lowest BCUT2D eigenvalue weighted by Crippen LogP contribution is -3.20. The van der Waals surface area contributed by atoms with Gasteiger partial charge in [0, 0.05) is 11.1 Å². The quantitative estimate of drug-likeness (QED) is 0.845. The highest BCUT2D eigenvalue weighted by atomic mass is 16.1. The summed E-state index contributed by atoms with van der Waals surface area (Å²) in [5.41, 5.74) is 7.96. The maximum Gasteiger partial charge on any atom is 0.232 e. The van der Waals surface area contributed by atoms with Crippen LogP contribution in [0.25, 0.3) is 0 Å². The molecule has 0 radical (unpaired) electrons. The zero-order chi connectivity index (χ0) is 13.9. The largest absolute Gasteiger partial charge is 0.369 e. The second-order valence-electron chi connectivity index (χ2n) is 5.42. The van der Waals surface area contributed by atoms with E-state index in [0.717, 1.165) is 13.1 Å². The number of nitrogens with two attached hydrogens (primary N) is 1. The molecular weight excluding hydrogens is 248 g/mol. The van der Waals surface area contributed by atoms with Gasteiger partial charge in [-0.05, 0) is 0 Å². The normalized spacial score (nSPS) is 21.4. The van der Waals surface area contributed by atoms with Crippen LogP contribution >= 0.6 is 0 Å². The molecule has 20 heavy (non-hydrogen) atoms. The fourth-order valence-corrected chi connectivity index (χ4v) is 2.96. The van der Waals surface area contributed by atoms with Gasteiger partial charge in [0.15, 0.2) is 0 Å². The zero-order valence-corrected chi connectivity index (χ0v) is 11.3. The molecule has 1 aliphatic heterocycles. The molecule has 0 spiro atoms. The summed E-state index contributed by atoms with van der Waals surface area (Å²) in [6, 6.07) is 21.2. The van der Waals surface area contributed by atoms with Crippen LogP contribution in [0.15, 0.2) is 60.7 Å². The fraction of sp³-hybridized carbons (Fsp3) is 0.235. The number of primary amides is 1. The van der Waals surface area contributed by atoms with Gasteiger partial charge in [-0.25, -0.2) is 0 Å². The number of likely N-dealkylation sites (tertiary alicyclic amines) is 1. The Balaban J connectivity index is 1.88. The minimum absolute atomic E-state index is 0.0277. The highest BCUT2D eigenvalue weighted by molar-refractivity contribution is 5.77. The molecule has 2 aromatic carbocycles. The van der Waals surface area contributed by atoms with E-state index in [1.54, 1.807) is 0 Å². The van der Waals surface area contributed by atoms with Crippen molar-refractivity contribution in [2.75, 3.05) is 13.1 Å². The lowest BCUT2D eigenvalue weighted by Gasteiger charge is -2.39. The Morgan fingerprint density at radius 1 is 0.950 bits per heavy atom. The van der Waals surface area contributed by atoms with Gasteiger partial charge in [0.25, 0.3) is 0 Å². The Hall–Kier alpha value is -2.13. The molecule has 1 fully saturated rings. The van der Waals surface area contributed by atoms with Crippen LogP contribution < -0.4 is 10.6 Å². The van der Waals surface area contributed by atoms with E-state index in [4.69, 9.17) is 5.73 Å². The molecular formula is C17H19N2O+. The monoisotopic (exact) mass is 267 g/mol. The lowest BCUT2D eigenvalue weighted by atomic mass is 9.90. The molecule has 3 N–H and O–H groups in total. The van der Waals surface area contributed by atoms with Crippen LogP contribution in [0, 0.1) is 5.92 Å². The molecule has 102 valence electrons. The number of carbonyl (C=O) groups is 1. The molecule has 0 bridgehead atoms. The number of rotatable bonds is 4. The van der Waals surface area contributed by atoms with Crippen LogP contribution in [-0.4, -0.2) is 19.0 Å². The van der Waals surface area contributed by atoms with E-state index in [1.807, 2.05) is 12.1 Å². The van der Waals surface area contributed by atoms with Gasteiger partial charge in [-0.3, -0.25) is 4.79 Å². The molecule has 3 rings (SSSR count). The molecule has 3 nitrogen and oxygen atoms in total. The summed E-state index contributed by atoms with van der Waals surface area (Å²) in [5, 5.41) is 0. The Bertz CT molecular complexity index is 537. The van der Waals surface area contributed by atoms with E-state index >= 15 is 0 Å². The number of hydrogen-bond acceptors (Lipinski definition) is 1. The van der Waals surface area contributed by atoms with Crippen LogP contribution in [0.4, 0.5) is 0 Å². The molecule has 0 aliphatic carbocycles. The highest BCUT2D eigenvalue weighted by Gasteiger charge is 2.41. The van der Waals surface area contributed by atoms with Gasteiger partial charge in [0.05, 0.1) is 13.1 Å². The Morgan fingerprint density at radius 2 is 1.40 bits per heavy atom. The summed E-state index contributed by atoms with van der Waals surface area (Å²) in [4.78, 5) is 12.6. The minimum Gasteiger partial charge on any atom is -0.369 e. The predicted octanol–water partition coefficient (Wildman–Crippen LogP) is 0.776. The number of nitrogens with one attached hydrogen (secondary N) is 1. The van der Waals surface area contributed by atoms with Gasteiger partial charge in [-0.15, -0.1) is 0 Å². The van der Waals surface area contributed by atoms with E-state index in [-0.39, 0.29) is 17.9 Å². The molecule has 2 aromatic rings. The van der Waals surface area contributed by atoms with E-state index in [0.29, 0.717) is 0 Å². The molecule has 0 atom stereocenters. The summed E-state index contributed by atoms with van der Waals surface area (Å²) in [6.07, 6.45) is 0. The molecule has 0 aromatic heterocycles. The number of benzene rings is 2. The number of quaternary nitrogens is 1. The molecule has 1 amide bonds. The first-order valence-corrected chi connectivity index (χ1v) is 6.99. The van der Waals surface area contributed by atoms with Gasteiger partial charge in [-0.2, -0.15) is 0 Å². The van der Waals surface area contributed by atoms with Crippen molar-refractivity contribution in [1.29, 1.82) is 0 Å². The number of carbonyl (C=O) groups excluding carboxylic acids is 1. The first-order chi connectivity index (χ1) is 9.75. The van der Waals surface area contributed by atoms with Crippen molar-refractivity contribution in [3.63, 3.8) is 0 Å². The highest BCUT2D eigenvalue weighted by Crippen LogP contribution is 2.20. The van der Waals surface area contributed by atoms with E-state index in [9.17, 15) is 4.79 Å². The van der Waals surface area contributed by atoms with Crippen LogP contribution in [0.3, 0.4) is 0 Å². The maximum atomic E-state index is 11.2. The van der Waals surface area contributed by atoms with Crippen molar-refractivity contribution >= 4 is 5.91 Å². The molecule has 1 saturated heterocycles. The Morgan fingerprint density at radius 3 is 1.80 bits per heavy atom. The first-order valence-electron chi connectivity index (χ1n) is 6.99. The maximum absolute atomic E-state index is 11.2. The van der Waals surface area contributed by atoms with E-state index in [2.05, 4.69) is 48.5 Å². The molecule has 0 saturated carbocycles. The third kappa shape index (κ3) is 2.45. The van der Waals surface area contributed by atoms with Gasteiger partial charge < -0.3 is 10.6 Å². The zero-order valence-electron chi connectivity index (χ0n) is 11.3. The summed E-state index contributed by atoms with van der Waals surface area (Å²) in [6.45, 7) is 1.65. The standard InChI is InChI=1S/C17H18N2O/c18-17(20)15-11-19(12-15)16(13-7-3-1-4-8-13)14-9-5-2-6-10-14/h1-10,15-16H,11-12H2,(H2,18,20)/p+1. The van der Waals surface area contributed by atoms with Gasteiger partial charge in [0.2, 0.25) is 5.91 Å². The smallest absolute Gasteiger partial charge is 0.232 e. The summed E-state index contributed by atoms with van der Waals surface area (Å²) in [5.74, 6) is -0.145. The number of hydrogen-bond donors (Lipinski definition) is 2. The second kappa shape index (κ2) is 5.47. The Kier molecular flexibility index (Phi) is 3.52. The van der Waals surface area contributed by atoms with E-state index < -0.39 is 0 Å². The van der Waals surface area contributed by atoms with Crippen molar-refractivity contribution < 1.29 is 9.69 Å². The van der Waals surface area contributed by atoms with Crippen LogP contribution in [0.2, 0.25) is 0 Å². The molecule has 1 heterocycles. The third-order valence-electron chi connectivity index (χ3n) is 4.09. The Labute approximate surface area is 119 Å². The van der Waals surface area contributed by atoms with Crippen molar-refractivity contribution in [2.24, 2.45) is 11.7 Å². The van der Waals surface area contributed by atoms with Crippen molar-refractivity contribution in [3.8, 4) is 0 Å². The first kappa shape index (κ1) is 12.9.